The first-order valence-corrected chi connectivity index (χ1v) is 10.6. The lowest BCUT2D eigenvalue weighted by Gasteiger charge is -2.53. The van der Waals surface area contributed by atoms with E-state index in [1.54, 1.807) is 14.0 Å². The molecule has 7 heteroatoms. The van der Waals surface area contributed by atoms with Crippen LogP contribution in [0, 0.1) is 5.92 Å². The molecular weight excluding hydrogens is 340 g/mol. The molecule has 0 aromatic heterocycles. The number of sulfonamides is 1. The maximum absolute atomic E-state index is 11.5. The first-order valence-electron chi connectivity index (χ1n) is 8.90. The molecule has 2 heterocycles. The van der Waals surface area contributed by atoms with Crippen LogP contribution in [0.5, 0.6) is 5.75 Å². The second-order valence-corrected chi connectivity index (χ2v) is 9.24. The highest BCUT2D eigenvalue weighted by Crippen LogP contribution is 2.36. The van der Waals surface area contributed by atoms with Crippen molar-refractivity contribution in [1.82, 2.24) is 9.62 Å². The Labute approximate surface area is 150 Å². The zero-order chi connectivity index (χ0) is 17.9. The average molecular weight is 368 g/mol. The maximum atomic E-state index is 11.5. The van der Waals surface area contributed by atoms with Crippen LogP contribution < -0.4 is 9.46 Å². The van der Waals surface area contributed by atoms with Crippen LogP contribution in [-0.4, -0.2) is 58.0 Å². The van der Waals surface area contributed by atoms with Gasteiger partial charge in [0.15, 0.2) is 0 Å². The van der Waals surface area contributed by atoms with Gasteiger partial charge in [-0.1, -0.05) is 12.1 Å². The topological polar surface area (TPSA) is 67.9 Å². The summed E-state index contributed by atoms with van der Waals surface area (Å²) in [6.45, 7) is 5.61. The number of rotatable bonds is 7. The SMILES string of the molecule is CCS(=O)(=O)NCC1CCC2(CN(Cc3ccc(OC)cc3)C2)OC1. The number of methoxy groups -OCH3 is 1. The first kappa shape index (κ1) is 18.6. The standard InChI is InChI=1S/C18H28N2O4S/c1-3-25(21,22)19-10-16-8-9-18(24-12-16)13-20(14-18)11-15-4-6-17(23-2)7-5-15/h4-7,16,19H,3,8-14H2,1-2H3. The highest BCUT2D eigenvalue weighted by Gasteiger charge is 2.46. The second-order valence-electron chi connectivity index (χ2n) is 7.14. The summed E-state index contributed by atoms with van der Waals surface area (Å²) in [5.74, 6) is 1.29. The number of nitrogens with one attached hydrogen (secondary N) is 1. The van der Waals surface area contributed by atoms with Gasteiger partial charge in [0.2, 0.25) is 10.0 Å². The lowest BCUT2D eigenvalue weighted by Crippen LogP contribution is -2.64. The number of ether oxygens (including phenoxy) is 2. The summed E-state index contributed by atoms with van der Waals surface area (Å²) >= 11 is 0. The van der Waals surface area contributed by atoms with E-state index < -0.39 is 10.0 Å². The molecule has 0 amide bonds. The summed E-state index contributed by atoms with van der Waals surface area (Å²) in [6.07, 6.45) is 2.02. The molecular formula is C18H28N2O4S. The third-order valence-electron chi connectivity index (χ3n) is 5.19. The third kappa shape index (κ3) is 4.73. The van der Waals surface area contributed by atoms with Crippen molar-refractivity contribution in [2.75, 3.05) is 39.1 Å². The van der Waals surface area contributed by atoms with Crippen LogP contribution >= 0.6 is 0 Å². The van der Waals surface area contributed by atoms with Crippen molar-refractivity contribution in [3.63, 3.8) is 0 Å². The van der Waals surface area contributed by atoms with Gasteiger partial charge in [-0.15, -0.1) is 0 Å². The Hall–Kier alpha value is -1.15. The van der Waals surface area contributed by atoms with E-state index in [0.29, 0.717) is 13.2 Å². The number of benzene rings is 1. The van der Waals surface area contributed by atoms with Crippen molar-refractivity contribution in [3.8, 4) is 5.75 Å². The van der Waals surface area contributed by atoms with Gasteiger partial charge in [0.25, 0.3) is 0 Å². The Morgan fingerprint density at radius 2 is 2.04 bits per heavy atom. The van der Waals surface area contributed by atoms with Gasteiger partial charge in [-0.05, 0) is 43.4 Å². The molecule has 2 fully saturated rings. The Bertz CT molecular complexity index is 659. The van der Waals surface area contributed by atoms with Gasteiger partial charge in [-0.25, -0.2) is 13.1 Å². The second kappa shape index (κ2) is 7.61. The van der Waals surface area contributed by atoms with Crippen molar-refractivity contribution in [2.24, 2.45) is 5.92 Å². The quantitative estimate of drug-likeness (QED) is 0.792. The molecule has 0 saturated carbocycles. The van der Waals surface area contributed by atoms with Gasteiger partial charge in [-0.3, -0.25) is 4.90 Å². The van der Waals surface area contributed by atoms with Crippen LogP contribution in [0.15, 0.2) is 24.3 Å². The minimum atomic E-state index is -3.11. The van der Waals surface area contributed by atoms with Gasteiger partial charge < -0.3 is 9.47 Å². The van der Waals surface area contributed by atoms with E-state index in [-0.39, 0.29) is 17.3 Å². The molecule has 25 heavy (non-hydrogen) atoms. The molecule has 0 aliphatic carbocycles. The fraction of sp³-hybridized carbons (Fsp3) is 0.667. The molecule has 1 spiro atoms. The van der Waals surface area contributed by atoms with Crippen molar-refractivity contribution in [1.29, 1.82) is 0 Å². The lowest BCUT2D eigenvalue weighted by atomic mass is 9.83. The number of likely N-dealkylation sites (tertiary alicyclic amines) is 1. The molecule has 1 aromatic carbocycles. The van der Waals surface area contributed by atoms with Crippen molar-refractivity contribution in [3.05, 3.63) is 29.8 Å². The molecule has 1 atom stereocenters. The first-order chi connectivity index (χ1) is 11.9. The summed E-state index contributed by atoms with van der Waals surface area (Å²) in [7, 11) is -1.43. The van der Waals surface area contributed by atoms with E-state index in [1.807, 2.05) is 12.1 Å². The molecule has 0 radical (unpaired) electrons. The number of hydrogen-bond donors (Lipinski definition) is 1. The van der Waals surface area contributed by atoms with E-state index in [0.717, 1.165) is 38.2 Å². The van der Waals surface area contributed by atoms with E-state index in [1.165, 1.54) is 5.56 Å². The van der Waals surface area contributed by atoms with Gasteiger partial charge in [0.1, 0.15) is 5.75 Å². The van der Waals surface area contributed by atoms with Crippen LogP contribution in [0.2, 0.25) is 0 Å². The third-order valence-corrected chi connectivity index (χ3v) is 6.56. The summed E-state index contributed by atoms with van der Waals surface area (Å²) < 4.78 is 37.0. The van der Waals surface area contributed by atoms with Crippen molar-refractivity contribution in [2.45, 2.75) is 31.9 Å². The molecule has 3 rings (SSSR count). The highest BCUT2D eigenvalue weighted by atomic mass is 32.2. The zero-order valence-electron chi connectivity index (χ0n) is 15.0. The van der Waals surface area contributed by atoms with Crippen LogP contribution in [0.25, 0.3) is 0 Å². The molecule has 2 aliphatic heterocycles. The Kier molecular flexibility index (Phi) is 5.68. The minimum absolute atomic E-state index is 0.0212. The van der Waals surface area contributed by atoms with Crippen molar-refractivity contribution >= 4 is 10.0 Å². The molecule has 0 bridgehead atoms. The molecule has 140 valence electrons. The molecule has 2 aliphatic rings. The Morgan fingerprint density at radius 3 is 2.60 bits per heavy atom. The highest BCUT2D eigenvalue weighted by molar-refractivity contribution is 7.89. The molecule has 1 N–H and O–H groups in total. The molecule has 2 saturated heterocycles. The van der Waals surface area contributed by atoms with E-state index >= 15 is 0 Å². The smallest absolute Gasteiger partial charge is 0.211 e. The monoisotopic (exact) mass is 368 g/mol. The van der Waals surface area contributed by atoms with E-state index in [2.05, 4.69) is 21.8 Å². The lowest BCUT2D eigenvalue weighted by molar-refractivity contribution is -0.181. The van der Waals surface area contributed by atoms with Crippen LogP contribution in [-0.2, 0) is 21.3 Å². The van der Waals surface area contributed by atoms with Crippen LogP contribution in [0.4, 0.5) is 0 Å². The largest absolute Gasteiger partial charge is 0.497 e. The zero-order valence-corrected chi connectivity index (χ0v) is 15.8. The van der Waals surface area contributed by atoms with Crippen molar-refractivity contribution < 1.29 is 17.9 Å². The van der Waals surface area contributed by atoms with E-state index in [9.17, 15) is 8.42 Å². The van der Waals surface area contributed by atoms with E-state index in [4.69, 9.17) is 9.47 Å². The predicted molar refractivity (Wildman–Crippen MR) is 97.1 cm³/mol. The fourth-order valence-corrected chi connectivity index (χ4v) is 4.24. The molecule has 1 unspecified atom stereocenters. The summed E-state index contributed by atoms with van der Waals surface area (Å²) in [6, 6.07) is 8.18. The average Bonchev–Trinajstić information content (AvgIpc) is 2.60. The Morgan fingerprint density at radius 1 is 1.32 bits per heavy atom. The van der Waals surface area contributed by atoms with Gasteiger partial charge in [0.05, 0.1) is 25.1 Å². The van der Waals surface area contributed by atoms with Gasteiger partial charge >= 0.3 is 0 Å². The predicted octanol–water partition coefficient (Wildman–Crippen LogP) is 1.62. The Balaban J connectivity index is 1.40. The number of hydrogen-bond acceptors (Lipinski definition) is 5. The normalized spacial score (nSPS) is 23.4. The molecule has 1 aromatic rings. The summed E-state index contributed by atoms with van der Waals surface area (Å²) in [5, 5.41) is 0. The molecule has 6 nitrogen and oxygen atoms in total. The summed E-state index contributed by atoms with van der Waals surface area (Å²) in [5.41, 5.74) is 1.25. The van der Waals surface area contributed by atoms with Gasteiger partial charge in [0, 0.05) is 26.2 Å². The number of nitrogens with zero attached hydrogens (tertiary/aromatic N) is 1. The minimum Gasteiger partial charge on any atom is -0.497 e. The van der Waals surface area contributed by atoms with Crippen LogP contribution in [0.1, 0.15) is 25.3 Å². The van der Waals surface area contributed by atoms with Crippen LogP contribution in [0.3, 0.4) is 0 Å². The summed E-state index contributed by atoms with van der Waals surface area (Å²) in [4.78, 5) is 2.39. The van der Waals surface area contributed by atoms with Gasteiger partial charge in [-0.2, -0.15) is 0 Å². The maximum Gasteiger partial charge on any atom is 0.211 e. The fourth-order valence-electron chi connectivity index (χ4n) is 3.54.